The molecule has 1 aliphatic rings. The molecule has 0 spiro atoms. The summed E-state index contributed by atoms with van der Waals surface area (Å²) < 4.78 is 6.20. The number of Topliss-reactive ketones (excluding diaryl/α,β-unsaturated/α-hetero) is 1. The van der Waals surface area contributed by atoms with Crippen LogP contribution in [0.5, 0.6) is 5.75 Å². The van der Waals surface area contributed by atoms with E-state index in [0.717, 1.165) is 11.3 Å². The van der Waals surface area contributed by atoms with Crippen LogP contribution >= 0.6 is 0 Å². The van der Waals surface area contributed by atoms with E-state index in [0.29, 0.717) is 16.9 Å². The SMILES string of the molecule is CN(C)C=C1C(=O)c2cc(N(C)C)ccc2OC1c1ccccc1. The highest BCUT2D eigenvalue weighted by Crippen LogP contribution is 2.39. The molecule has 0 amide bonds. The van der Waals surface area contributed by atoms with Gasteiger partial charge in [0.15, 0.2) is 11.9 Å². The number of benzene rings is 2. The molecule has 0 saturated carbocycles. The van der Waals surface area contributed by atoms with Crippen LogP contribution in [0.25, 0.3) is 0 Å². The quantitative estimate of drug-likeness (QED) is 0.810. The Bertz CT molecular complexity index is 779. The lowest BCUT2D eigenvalue weighted by Gasteiger charge is -2.29. The maximum absolute atomic E-state index is 13.1. The van der Waals surface area contributed by atoms with E-state index in [4.69, 9.17) is 4.74 Å². The number of hydrogen-bond acceptors (Lipinski definition) is 4. The Labute approximate surface area is 143 Å². The summed E-state index contributed by atoms with van der Waals surface area (Å²) in [7, 11) is 7.74. The van der Waals surface area contributed by atoms with Gasteiger partial charge in [-0.15, -0.1) is 0 Å². The molecule has 1 heterocycles. The lowest BCUT2D eigenvalue weighted by molar-refractivity contribution is 0.0957. The number of hydrogen-bond donors (Lipinski definition) is 0. The molecule has 1 atom stereocenters. The predicted octanol–water partition coefficient (Wildman–Crippen LogP) is 3.51. The molecular formula is C20H22N2O2. The zero-order chi connectivity index (χ0) is 17.3. The number of fused-ring (bicyclic) bond motifs is 1. The maximum Gasteiger partial charge on any atom is 0.198 e. The summed E-state index contributed by atoms with van der Waals surface area (Å²) in [6, 6.07) is 15.6. The fourth-order valence-electron chi connectivity index (χ4n) is 2.82. The lowest BCUT2D eigenvalue weighted by Crippen LogP contribution is -2.26. The van der Waals surface area contributed by atoms with E-state index in [2.05, 4.69) is 0 Å². The van der Waals surface area contributed by atoms with Gasteiger partial charge in [0.1, 0.15) is 5.75 Å². The van der Waals surface area contributed by atoms with Gasteiger partial charge >= 0.3 is 0 Å². The molecule has 0 fully saturated rings. The van der Waals surface area contributed by atoms with E-state index in [1.807, 2.05) is 92.7 Å². The summed E-state index contributed by atoms with van der Waals surface area (Å²) >= 11 is 0. The predicted molar refractivity (Wildman–Crippen MR) is 96.7 cm³/mol. The summed E-state index contributed by atoms with van der Waals surface area (Å²) in [6.07, 6.45) is 1.46. The van der Waals surface area contributed by atoms with Gasteiger partial charge in [-0.05, 0) is 23.8 Å². The van der Waals surface area contributed by atoms with Crippen molar-refractivity contribution in [2.24, 2.45) is 0 Å². The molecule has 2 aromatic rings. The number of carbonyl (C=O) groups excluding carboxylic acids is 1. The van der Waals surface area contributed by atoms with E-state index in [-0.39, 0.29) is 11.9 Å². The smallest absolute Gasteiger partial charge is 0.198 e. The first kappa shape index (κ1) is 16.1. The molecule has 0 radical (unpaired) electrons. The Balaban J connectivity index is 2.11. The Morgan fingerprint density at radius 1 is 1.00 bits per heavy atom. The van der Waals surface area contributed by atoms with Gasteiger partial charge in [-0.25, -0.2) is 0 Å². The Morgan fingerprint density at radius 3 is 2.33 bits per heavy atom. The normalized spacial score (nSPS) is 18.1. The first-order valence-electron chi connectivity index (χ1n) is 7.93. The number of ether oxygens (including phenoxy) is 1. The molecule has 1 aliphatic heterocycles. The Hall–Kier alpha value is -2.75. The van der Waals surface area contributed by atoms with E-state index < -0.39 is 0 Å². The summed E-state index contributed by atoms with van der Waals surface area (Å²) in [5.74, 6) is 0.651. The number of anilines is 1. The third kappa shape index (κ3) is 3.00. The lowest BCUT2D eigenvalue weighted by atomic mass is 9.91. The van der Waals surface area contributed by atoms with Gasteiger partial charge < -0.3 is 14.5 Å². The van der Waals surface area contributed by atoms with Crippen molar-refractivity contribution in [2.75, 3.05) is 33.1 Å². The minimum absolute atomic E-state index is 0.0162. The summed E-state index contributed by atoms with van der Waals surface area (Å²) in [5, 5.41) is 0. The van der Waals surface area contributed by atoms with Gasteiger partial charge in [0.05, 0.1) is 11.1 Å². The first-order valence-corrected chi connectivity index (χ1v) is 7.93. The van der Waals surface area contributed by atoms with E-state index in [9.17, 15) is 4.79 Å². The number of rotatable bonds is 3. The number of carbonyl (C=O) groups is 1. The molecule has 2 aromatic carbocycles. The van der Waals surface area contributed by atoms with Gasteiger partial charge in [-0.3, -0.25) is 4.79 Å². The number of nitrogens with zero attached hydrogens (tertiary/aromatic N) is 2. The molecule has 0 aromatic heterocycles. The van der Waals surface area contributed by atoms with E-state index >= 15 is 0 Å². The van der Waals surface area contributed by atoms with Gasteiger partial charge in [0.2, 0.25) is 0 Å². The molecule has 3 rings (SSSR count). The monoisotopic (exact) mass is 322 g/mol. The van der Waals surface area contributed by atoms with Crippen LogP contribution in [0.3, 0.4) is 0 Å². The van der Waals surface area contributed by atoms with Crippen LogP contribution in [0, 0.1) is 0 Å². The molecular weight excluding hydrogens is 300 g/mol. The minimum atomic E-state index is -0.390. The van der Waals surface area contributed by atoms with E-state index in [1.165, 1.54) is 0 Å². The van der Waals surface area contributed by atoms with Gasteiger partial charge in [0, 0.05) is 40.1 Å². The Kier molecular flexibility index (Phi) is 4.30. The zero-order valence-corrected chi connectivity index (χ0v) is 14.5. The van der Waals surface area contributed by atoms with Crippen molar-refractivity contribution >= 4 is 11.5 Å². The zero-order valence-electron chi connectivity index (χ0n) is 14.5. The fourth-order valence-corrected chi connectivity index (χ4v) is 2.82. The highest BCUT2D eigenvalue weighted by atomic mass is 16.5. The molecule has 4 nitrogen and oxygen atoms in total. The van der Waals surface area contributed by atoms with Crippen LogP contribution in [0.15, 0.2) is 60.3 Å². The standard InChI is InChI=1S/C20H22N2O2/c1-21(2)13-17-19(23)16-12-15(22(3)4)10-11-18(16)24-20(17)14-8-6-5-7-9-14/h5-13,20H,1-4H3. The van der Waals surface area contributed by atoms with Crippen LogP contribution in [-0.4, -0.2) is 38.9 Å². The van der Waals surface area contributed by atoms with Crippen molar-refractivity contribution in [3.05, 3.63) is 71.4 Å². The highest BCUT2D eigenvalue weighted by molar-refractivity contribution is 6.12. The van der Waals surface area contributed by atoms with Crippen molar-refractivity contribution in [2.45, 2.75) is 6.10 Å². The highest BCUT2D eigenvalue weighted by Gasteiger charge is 2.33. The van der Waals surface area contributed by atoms with Crippen molar-refractivity contribution in [1.82, 2.24) is 4.90 Å². The maximum atomic E-state index is 13.1. The van der Waals surface area contributed by atoms with Crippen molar-refractivity contribution in [3.8, 4) is 5.75 Å². The third-order valence-electron chi connectivity index (χ3n) is 4.01. The molecule has 124 valence electrons. The topological polar surface area (TPSA) is 32.8 Å². The van der Waals surface area contributed by atoms with Crippen LogP contribution in [-0.2, 0) is 0 Å². The first-order chi connectivity index (χ1) is 11.5. The summed E-state index contributed by atoms with van der Waals surface area (Å²) in [5.41, 5.74) is 3.21. The fraction of sp³-hybridized carbons (Fsp3) is 0.250. The van der Waals surface area contributed by atoms with Crippen LogP contribution < -0.4 is 9.64 Å². The minimum Gasteiger partial charge on any atom is -0.480 e. The van der Waals surface area contributed by atoms with Crippen LogP contribution in [0.2, 0.25) is 0 Å². The molecule has 4 heteroatoms. The second-order valence-corrected chi connectivity index (χ2v) is 6.36. The molecule has 0 N–H and O–H groups in total. The summed E-state index contributed by atoms with van der Waals surface area (Å²) in [6.45, 7) is 0. The van der Waals surface area contributed by atoms with Crippen molar-refractivity contribution < 1.29 is 9.53 Å². The molecule has 0 bridgehead atoms. The second-order valence-electron chi connectivity index (χ2n) is 6.36. The molecule has 0 aliphatic carbocycles. The van der Waals surface area contributed by atoms with Crippen LogP contribution in [0.1, 0.15) is 22.0 Å². The van der Waals surface area contributed by atoms with Crippen LogP contribution in [0.4, 0.5) is 5.69 Å². The average molecular weight is 322 g/mol. The van der Waals surface area contributed by atoms with Gasteiger partial charge in [-0.1, -0.05) is 30.3 Å². The molecule has 1 unspecified atom stereocenters. The third-order valence-corrected chi connectivity index (χ3v) is 4.01. The largest absolute Gasteiger partial charge is 0.480 e. The van der Waals surface area contributed by atoms with Crippen molar-refractivity contribution in [3.63, 3.8) is 0 Å². The van der Waals surface area contributed by atoms with Gasteiger partial charge in [0.25, 0.3) is 0 Å². The number of ketones is 1. The summed E-state index contributed by atoms with van der Waals surface area (Å²) in [4.78, 5) is 17.0. The molecule has 24 heavy (non-hydrogen) atoms. The van der Waals surface area contributed by atoms with E-state index in [1.54, 1.807) is 0 Å². The average Bonchev–Trinajstić information content (AvgIpc) is 2.57. The van der Waals surface area contributed by atoms with Gasteiger partial charge in [-0.2, -0.15) is 0 Å². The Morgan fingerprint density at radius 2 is 1.71 bits per heavy atom. The molecule has 0 saturated heterocycles. The van der Waals surface area contributed by atoms with Crippen molar-refractivity contribution in [1.29, 1.82) is 0 Å². The second kappa shape index (κ2) is 6.40.